The Hall–Kier alpha value is -0.0800. The topological polar surface area (TPSA) is 18.5 Å². The summed E-state index contributed by atoms with van der Waals surface area (Å²) in [5.74, 6) is 0.606. The van der Waals surface area contributed by atoms with Gasteiger partial charge < -0.3 is 9.47 Å². The van der Waals surface area contributed by atoms with Gasteiger partial charge in [-0.15, -0.1) is 0 Å². The van der Waals surface area contributed by atoms with Gasteiger partial charge in [0.15, 0.2) is 0 Å². The molecule has 0 unspecified atom stereocenters. The molecular formula is C10H21O2. The molecule has 0 atom stereocenters. The molecule has 0 saturated heterocycles. The largest absolute Gasteiger partial charge is 0.378 e. The molecule has 0 aromatic heterocycles. The lowest BCUT2D eigenvalue weighted by atomic mass is 10.2. The Morgan fingerprint density at radius 1 is 1.33 bits per heavy atom. The molecule has 0 aliphatic carbocycles. The van der Waals surface area contributed by atoms with E-state index in [2.05, 4.69) is 20.8 Å². The van der Waals surface area contributed by atoms with Crippen LogP contribution in [0.15, 0.2) is 0 Å². The predicted molar refractivity (Wildman–Crippen MR) is 50.8 cm³/mol. The molecule has 73 valence electrons. The molecule has 2 heteroatoms. The Labute approximate surface area is 76.3 Å². The predicted octanol–water partition coefficient (Wildman–Crippen LogP) is 2.64. The molecule has 0 saturated carbocycles. The third-order valence-corrected chi connectivity index (χ3v) is 1.37. The summed E-state index contributed by atoms with van der Waals surface area (Å²) in [6, 6.07) is 0. The van der Waals surface area contributed by atoms with Gasteiger partial charge >= 0.3 is 0 Å². The quantitative estimate of drug-likeness (QED) is 0.525. The summed E-state index contributed by atoms with van der Waals surface area (Å²) in [5.41, 5.74) is 0. The zero-order valence-corrected chi connectivity index (χ0v) is 8.51. The van der Waals surface area contributed by atoms with Crippen molar-refractivity contribution in [3.05, 3.63) is 6.61 Å². The fourth-order valence-electron chi connectivity index (χ4n) is 0.711. The molecule has 0 bridgehead atoms. The van der Waals surface area contributed by atoms with Crippen molar-refractivity contribution in [3.8, 4) is 0 Å². The Morgan fingerprint density at radius 2 is 2.08 bits per heavy atom. The average molecular weight is 173 g/mol. The Balaban J connectivity index is 2.82. The van der Waals surface area contributed by atoms with Crippen LogP contribution in [0.1, 0.15) is 33.6 Å². The van der Waals surface area contributed by atoms with Gasteiger partial charge in [0.2, 0.25) is 0 Å². The van der Waals surface area contributed by atoms with Crippen molar-refractivity contribution >= 4 is 0 Å². The Kier molecular flexibility index (Phi) is 8.95. The normalized spacial score (nSPS) is 11.0. The second-order valence-electron chi connectivity index (χ2n) is 3.32. The SMILES string of the molecule is CCCCO[CH]COCC(C)C. The first-order chi connectivity index (χ1) is 5.77. The first-order valence-corrected chi connectivity index (χ1v) is 4.78. The standard InChI is InChI=1S/C10H21O2/c1-4-5-6-11-7-8-12-9-10(2)3/h7,10H,4-6,8-9H2,1-3H3. The van der Waals surface area contributed by atoms with Crippen LogP contribution in [-0.2, 0) is 9.47 Å². The highest BCUT2D eigenvalue weighted by molar-refractivity contribution is 4.48. The van der Waals surface area contributed by atoms with E-state index in [4.69, 9.17) is 9.47 Å². The van der Waals surface area contributed by atoms with Crippen molar-refractivity contribution in [3.63, 3.8) is 0 Å². The molecular weight excluding hydrogens is 152 g/mol. The number of hydrogen-bond donors (Lipinski definition) is 0. The smallest absolute Gasteiger partial charge is 0.109 e. The monoisotopic (exact) mass is 173 g/mol. The molecule has 0 aromatic carbocycles. The molecule has 2 nitrogen and oxygen atoms in total. The lowest BCUT2D eigenvalue weighted by Gasteiger charge is -2.06. The van der Waals surface area contributed by atoms with Gasteiger partial charge in [-0.25, -0.2) is 0 Å². The fourth-order valence-corrected chi connectivity index (χ4v) is 0.711. The van der Waals surface area contributed by atoms with Gasteiger partial charge in [-0.2, -0.15) is 0 Å². The molecule has 0 rings (SSSR count). The minimum atomic E-state index is 0.606. The highest BCUT2D eigenvalue weighted by Crippen LogP contribution is 1.94. The molecule has 0 aliphatic rings. The van der Waals surface area contributed by atoms with Crippen molar-refractivity contribution in [1.82, 2.24) is 0 Å². The summed E-state index contributed by atoms with van der Waals surface area (Å²) >= 11 is 0. The van der Waals surface area contributed by atoms with Crippen LogP contribution in [0.5, 0.6) is 0 Å². The Bertz CT molecular complexity index is 81.9. The highest BCUT2D eigenvalue weighted by atomic mass is 16.5. The van der Waals surface area contributed by atoms with Gasteiger partial charge in [0.25, 0.3) is 0 Å². The first kappa shape index (κ1) is 11.9. The highest BCUT2D eigenvalue weighted by Gasteiger charge is 1.93. The lowest BCUT2D eigenvalue weighted by molar-refractivity contribution is 0.0752. The van der Waals surface area contributed by atoms with E-state index in [1.165, 1.54) is 6.42 Å². The van der Waals surface area contributed by atoms with Gasteiger partial charge in [-0.1, -0.05) is 27.2 Å². The van der Waals surface area contributed by atoms with Gasteiger partial charge in [0.1, 0.15) is 6.61 Å². The summed E-state index contributed by atoms with van der Waals surface area (Å²) in [6.45, 7) is 10.4. The van der Waals surface area contributed by atoms with Crippen LogP contribution in [0, 0.1) is 12.5 Å². The maximum Gasteiger partial charge on any atom is 0.109 e. The molecule has 0 heterocycles. The molecule has 1 radical (unpaired) electrons. The number of unbranched alkanes of at least 4 members (excludes halogenated alkanes) is 1. The van der Waals surface area contributed by atoms with Crippen LogP contribution < -0.4 is 0 Å². The zero-order valence-electron chi connectivity index (χ0n) is 8.51. The first-order valence-electron chi connectivity index (χ1n) is 4.78. The van der Waals surface area contributed by atoms with Crippen molar-refractivity contribution in [2.45, 2.75) is 33.6 Å². The average Bonchev–Trinajstić information content (AvgIpc) is 2.02. The van der Waals surface area contributed by atoms with Crippen molar-refractivity contribution < 1.29 is 9.47 Å². The van der Waals surface area contributed by atoms with Gasteiger partial charge in [-0.3, -0.25) is 0 Å². The maximum absolute atomic E-state index is 5.29. The molecule has 0 aromatic rings. The van der Waals surface area contributed by atoms with Crippen LogP contribution in [0.4, 0.5) is 0 Å². The second kappa shape index (κ2) is 9.01. The molecule has 12 heavy (non-hydrogen) atoms. The van der Waals surface area contributed by atoms with E-state index >= 15 is 0 Å². The molecule has 0 fully saturated rings. The minimum absolute atomic E-state index is 0.606. The van der Waals surface area contributed by atoms with E-state index in [0.29, 0.717) is 12.5 Å². The summed E-state index contributed by atoms with van der Waals surface area (Å²) in [4.78, 5) is 0. The van der Waals surface area contributed by atoms with E-state index in [1.807, 2.05) is 0 Å². The summed E-state index contributed by atoms with van der Waals surface area (Å²) in [5, 5.41) is 0. The lowest BCUT2D eigenvalue weighted by Crippen LogP contribution is -2.05. The minimum Gasteiger partial charge on any atom is -0.378 e. The van der Waals surface area contributed by atoms with Crippen LogP contribution in [0.2, 0.25) is 0 Å². The summed E-state index contributed by atoms with van der Waals surface area (Å²) < 4.78 is 10.5. The third kappa shape index (κ3) is 9.92. The third-order valence-electron chi connectivity index (χ3n) is 1.37. The zero-order chi connectivity index (χ0) is 9.23. The number of hydrogen-bond acceptors (Lipinski definition) is 2. The van der Waals surface area contributed by atoms with E-state index in [9.17, 15) is 0 Å². The van der Waals surface area contributed by atoms with E-state index in [1.54, 1.807) is 6.61 Å². The van der Waals surface area contributed by atoms with Crippen molar-refractivity contribution in [2.24, 2.45) is 5.92 Å². The molecule has 0 N–H and O–H groups in total. The number of ether oxygens (including phenoxy) is 2. The van der Waals surface area contributed by atoms with Crippen LogP contribution in [-0.4, -0.2) is 19.8 Å². The van der Waals surface area contributed by atoms with E-state index < -0.39 is 0 Å². The maximum atomic E-state index is 5.29. The summed E-state index contributed by atoms with van der Waals surface area (Å²) in [6.07, 6.45) is 2.31. The van der Waals surface area contributed by atoms with Crippen molar-refractivity contribution in [2.75, 3.05) is 19.8 Å². The second-order valence-corrected chi connectivity index (χ2v) is 3.32. The van der Waals surface area contributed by atoms with Crippen LogP contribution in [0.3, 0.4) is 0 Å². The molecule has 0 amide bonds. The van der Waals surface area contributed by atoms with Gasteiger partial charge in [0, 0.05) is 13.2 Å². The van der Waals surface area contributed by atoms with Crippen molar-refractivity contribution in [1.29, 1.82) is 0 Å². The summed E-state index contributed by atoms with van der Waals surface area (Å²) in [7, 11) is 0. The number of rotatable bonds is 8. The fraction of sp³-hybridized carbons (Fsp3) is 0.900. The van der Waals surface area contributed by atoms with E-state index in [-0.39, 0.29) is 0 Å². The van der Waals surface area contributed by atoms with Crippen LogP contribution >= 0.6 is 0 Å². The molecule has 0 spiro atoms. The van der Waals surface area contributed by atoms with E-state index in [0.717, 1.165) is 19.6 Å². The Morgan fingerprint density at radius 3 is 2.67 bits per heavy atom. The van der Waals surface area contributed by atoms with Gasteiger partial charge in [-0.05, 0) is 12.3 Å². The van der Waals surface area contributed by atoms with Gasteiger partial charge in [0.05, 0.1) is 6.61 Å². The molecule has 0 aliphatic heterocycles. The van der Waals surface area contributed by atoms with Crippen LogP contribution in [0.25, 0.3) is 0 Å².